The lowest BCUT2D eigenvalue weighted by Crippen LogP contribution is -2.11. The van der Waals surface area contributed by atoms with E-state index in [0.717, 1.165) is 11.6 Å². The largest absolute Gasteiger partial charge is 0.433 e. The van der Waals surface area contributed by atoms with E-state index in [-0.39, 0.29) is 5.82 Å². The first-order valence-electron chi connectivity index (χ1n) is 5.91. The highest BCUT2D eigenvalue weighted by atomic mass is 19.4. The van der Waals surface area contributed by atoms with E-state index in [2.05, 4.69) is 20.3 Å². The molecule has 3 rings (SSSR count). The van der Waals surface area contributed by atoms with Crippen molar-refractivity contribution in [1.29, 1.82) is 0 Å². The molecule has 0 radical (unpaired) electrons. The third-order valence-electron chi connectivity index (χ3n) is 2.77. The van der Waals surface area contributed by atoms with E-state index in [1.54, 1.807) is 24.5 Å². The Morgan fingerprint density at radius 3 is 2.48 bits per heavy atom. The fourth-order valence-corrected chi connectivity index (χ4v) is 1.82. The van der Waals surface area contributed by atoms with Crippen molar-refractivity contribution in [2.75, 3.05) is 0 Å². The molecule has 0 aliphatic rings. The summed E-state index contributed by atoms with van der Waals surface area (Å²) in [5.41, 5.74) is 0.287. The van der Waals surface area contributed by atoms with Gasteiger partial charge in [0.2, 0.25) is 0 Å². The van der Waals surface area contributed by atoms with Gasteiger partial charge in [0.25, 0.3) is 0 Å². The predicted octanol–water partition coefficient (Wildman–Crippen LogP) is 2.74. The van der Waals surface area contributed by atoms with E-state index in [4.69, 9.17) is 0 Å². The Kier molecular flexibility index (Phi) is 3.13. The predicted molar refractivity (Wildman–Crippen MR) is 67.4 cm³/mol. The summed E-state index contributed by atoms with van der Waals surface area (Å²) >= 11 is 0. The van der Waals surface area contributed by atoms with E-state index < -0.39 is 11.9 Å². The van der Waals surface area contributed by atoms with E-state index in [1.165, 1.54) is 23.0 Å². The molecule has 0 spiro atoms. The quantitative estimate of drug-likeness (QED) is 0.728. The lowest BCUT2D eigenvalue weighted by molar-refractivity contribution is -0.141. The van der Waals surface area contributed by atoms with Crippen LogP contribution in [0, 0.1) is 0 Å². The summed E-state index contributed by atoms with van der Waals surface area (Å²) in [4.78, 5) is 7.48. The first-order valence-corrected chi connectivity index (χ1v) is 5.91. The van der Waals surface area contributed by atoms with Crippen molar-refractivity contribution in [3.63, 3.8) is 0 Å². The van der Waals surface area contributed by atoms with Crippen molar-refractivity contribution in [2.24, 2.45) is 0 Å². The van der Waals surface area contributed by atoms with Crippen molar-refractivity contribution >= 4 is 0 Å². The molecule has 3 aromatic rings. The zero-order valence-corrected chi connectivity index (χ0v) is 10.5. The molecule has 3 aromatic heterocycles. The Balaban J connectivity index is 2.09. The van der Waals surface area contributed by atoms with Crippen molar-refractivity contribution in [3.8, 4) is 17.1 Å². The van der Waals surface area contributed by atoms with Gasteiger partial charge in [-0.2, -0.15) is 17.9 Å². The number of hydrogen-bond acceptors (Lipinski definition) is 4. The van der Waals surface area contributed by atoms with Crippen molar-refractivity contribution in [3.05, 3.63) is 54.6 Å². The van der Waals surface area contributed by atoms with E-state index in [9.17, 15) is 13.2 Å². The van der Waals surface area contributed by atoms with Crippen LogP contribution in [0.5, 0.6) is 0 Å². The number of aromatic nitrogens is 5. The number of hydrogen-bond donors (Lipinski definition) is 0. The molecule has 21 heavy (non-hydrogen) atoms. The molecule has 8 heteroatoms. The van der Waals surface area contributed by atoms with Gasteiger partial charge in [0.05, 0.1) is 11.9 Å². The van der Waals surface area contributed by atoms with Gasteiger partial charge in [-0.25, -0.2) is 4.98 Å². The molecule has 0 atom stereocenters. The first kappa shape index (κ1) is 13.2. The van der Waals surface area contributed by atoms with Crippen LogP contribution in [0.25, 0.3) is 17.1 Å². The molecule has 0 N–H and O–H groups in total. The lowest BCUT2D eigenvalue weighted by Gasteiger charge is -2.09. The van der Waals surface area contributed by atoms with Crippen LogP contribution in [-0.4, -0.2) is 25.0 Å². The topological polar surface area (TPSA) is 56.5 Å². The number of rotatable bonds is 2. The number of nitrogens with zero attached hydrogens (tertiary/aromatic N) is 5. The zero-order valence-electron chi connectivity index (χ0n) is 10.5. The fraction of sp³-hybridized carbons (Fsp3) is 0.0769. The van der Waals surface area contributed by atoms with E-state index in [0.29, 0.717) is 5.69 Å². The molecule has 0 fully saturated rings. The minimum Gasteiger partial charge on any atom is -0.265 e. The smallest absolute Gasteiger partial charge is 0.265 e. The van der Waals surface area contributed by atoms with Gasteiger partial charge >= 0.3 is 6.18 Å². The van der Waals surface area contributed by atoms with Crippen LogP contribution in [0.3, 0.4) is 0 Å². The van der Waals surface area contributed by atoms with Gasteiger partial charge in [-0.1, -0.05) is 11.3 Å². The summed E-state index contributed by atoms with van der Waals surface area (Å²) < 4.78 is 39.4. The molecule has 0 saturated carbocycles. The van der Waals surface area contributed by atoms with Crippen LogP contribution in [-0.2, 0) is 6.18 Å². The van der Waals surface area contributed by atoms with Crippen LogP contribution in [0.2, 0.25) is 0 Å². The Morgan fingerprint density at radius 2 is 1.76 bits per heavy atom. The average molecular weight is 291 g/mol. The molecular formula is C13H8F3N5. The first-order chi connectivity index (χ1) is 10.1. The molecule has 0 bridgehead atoms. The highest BCUT2D eigenvalue weighted by Crippen LogP contribution is 2.28. The fourth-order valence-electron chi connectivity index (χ4n) is 1.82. The van der Waals surface area contributed by atoms with Gasteiger partial charge < -0.3 is 0 Å². The van der Waals surface area contributed by atoms with Crippen LogP contribution in [0.4, 0.5) is 13.2 Å². The Morgan fingerprint density at radius 1 is 1.00 bits per heavy atom. The highest BCUT2D eigenvalue weighted by Gasteiger charge is 2.32. The standard InChI is InChI=1S/C13H8F3N5/c14-13(15,16)11-2-1-3-12(19-11)21-10(8-18-20-21)9-4-6-17-7-5-9/h1-8H. The van der Waals surface area contributed by atoms with Gasteiger partial charge in [-0.3, -0.25) is 4.98 Å². The summed E-state index contributed by atoms with van der Waals surface area (Å²) in [7, 11) is 0. The molecular weight excluding hydrogens is 283 g/mol. The molecule has 0 unspecified atom stereocenters. The Labute approximate surface area is 117 Å². The molecule has 0 aliphatic carbocycles. The van der Waals surface area contributed by atoms with Gasteiger partial charge in [0, 0.05) is 18.0 Å². The van der Waals surface area contributed by atoms with Gasteiger partial charge in [0.1, 0.15) is 5.69 Å². The van der Waals surface area contributed by atoms with Crippen molar-refractivity contribution in [1.82, 2.24) is 25.0 Å². The van der Waals surface area contributed by atoms with Gasteiger partial charge in [0.15, 0.2) is 5.82 Å². The third-order valence-corrected chi connectivity index (χ3v) is 2.77. The number of halogens is 3. The Bertz CT molecular complexity index is 752. The maximum absolute atomic E-state index is 12.7. The Hall–Kier alpha value is -2.77. The van der Waals surface area contributed by atoms with E-state index in [1.807, 2.05) is 0 Å². The normalized spacial score (nSPS) is 11.6. The van der Waals surface area contributed by atoms with Crippen LogP contribution in [0.1, 0.15) is 5.69 Å². The SMILES string of the molecule is FC(F)(F)c1cccc(-n2nncc2-c2ccncc2)n1. The van der Waals surface area contributed by atoms with Gasteiger partial charge in [-0.15, -0.1) is 5.10 Å². The lowest BCUT2D eigenvalue weighted by atomic mass is 10.2. The van der Waals surface area contributed by atoms with Crippen LogP contribution in [0.15, 0.2) is 48.9 Å². The molecule has 5 nitrogen and oxygen atoms in total. The third kappa shape index (κ3) is 2.60. The summed E-state index contributed by atoms with van der Waals surface area (Å²) in [6.07, 6.45) is 0.100. The molecule has 0 aliphatic heterocycles. The molecule has 0 amide bonds. The summed E-state index contributed by atoms with van der Waals surface area (Å²) in [5.74, 6) is 0.0501. The second-order valence-electron chi connectivity index (χ2n) is 4.15. The second kappa shape index (κ2) is 4.97. The minimum absolute atomic E-state index is 0.0501. The van der Waals surface area contributed by atoms with E-state index >= 15 is 0 Å². The van der Waals surface area contributed by atoms with Crippen LogP contribution >= 0.6 is 0 Å². The summed E-state index contributed by atoms with van der Waals surface area (Å²) in [6, 6.07) is 7.05. The maximum Gasteiger partial charge on any atom is 0.433 e. The number of pyridine rings is 2. The average Bonchev–Trinajstić information content (AvgIpc) is 2.97. The monoisotopic (exact) mass is 291 g/mol. The highest BCUT2D eigenvalue weighted by molar-refractivity contribution is 5.59. The summed E-state index contributed by atoms with van der Waals surface area (Å²) in [5, 5.41) is 7.54. The molecule has 0 saturated heterocycles. The molecule has 0 aromatic carbocycles. The maximum atomic E-state index is 12.7. The van der Waals surface area contributed by atoms with Crippen LogP contribution < -0.4 is 0 Å². The van der Waals surface area contributed by atoms with Crippen molar-refractivity contribution in [2.45, 2.75) is 6.18 Å². The van der Waals surface area contributed by atoms with Crippen molar-refractivity contribution < 1.29 is 13.2 Å². The number of alkyl halides is 3. The summed E-state index contributed by atoms with van der Waals surface area (Å²) in [6.45, 7) is 0. The van der Waals surface area contributed by atoms with Gasteiger partial charge in [-0.05, 0) is 24.3 Å². The minimum atomic E-state index is -4.51. The molecule has 3 heterocycles. The molecule has 106 valence electrons. The zero-order chi connectivity index (χ0) is 14.9. The second-order valence-corrected chi connectivity index (χ2v) is 4.15.